The number of hydrogen-bond donors (Lipinski definition) is 2. The summed E-state index contributed by atoms with van der Waals surface area (Å²) in [7, 11) is -2.41. The molecule has 0 unspecified atom stereocenters. The minimum absolute atomic E-state index is 0.0422. The van der Waals surface area contributed by atoms with Crippen LogP contribution in [0.15, 0.2) is 71.6 Å². The lowest BCUT2D eigenvalue weighted by molar-refractivity contribution is 0.415. The van der Waals surface area contributed by atoms with Crippen molar-refractivity contribution in [2.24, 2.45) is 0 Å². The quantitative estimate of drug-likeness (QED) is 0.383. The van der Waals surface area contributed by atoms with Crippen molar-refractivity contribution in [1.29, 1.82) is 0 Å². The average Bonchev–Trinajstić information content (AvgIpc) is 2.74. The van der Waals surface area contributed by atoms with E-state index in [1.54, 1.807) is 36.4 Å². The van der Waals surface area contributed by atoms with Gasteiger partial charge in [-0.15, -0.1) is 0 Å². The van der Waals surface area contributed by atoms with Gasteiger partial charge in [-0.1, -0.05) is 35.3 Å². The normalized spacial score (nSPS) is 11.3. The number of nitrogens with zero attached hydrogens (tertiary/aromatic N) is 2. The summed E-state index contributed by atoms with van der Waals surface area (Å²) >= 11 is 12.1. The Hall–Kier alpha value is -3.07. The molecule has 0 bridgehead atoms. The maximum Gasteiger partial charge on any atom is 0.263 e. The first kappa shape index (κ1) is 21.2. The van der Waals surface area contributed by atoms with Crippen molar-refractivity contribution in [3.8, 4) is 5.75 Å². The van der Waals surface area contributed by atoms with E-state index in [4.69, 9.17) is 27.9 Å². The molecule has 0 aliphatic carbocycles. The number of benzene rings is 3. The van der Waals surface area contributed by atoms with Gasteiger partial charge in [0.15, 0.2) is 11.6 Å². The van der Waals surface area contributed by atoms with E-state index in [-0.39, 0.29) is 16.5 Å². The average molecular weight is 475 g/mol. The Labute approximate surface area is 189 Å². The fourth-order valence-corrected chi connectivity index (χ4v) is 4.23. The molecule has 1 aromatic heterocycles. The predicted molar refractivity (Wildman–Crippen MR) is 123 cm³/mol. The number of hydrogen-bond acceptors (Lipinski definition) is 6. The highest BCUT2D eigenvalue weighted by molar-refractivity contribution is 7.92. The van der Waals surface area contributed by atoms with Crippen LogP contribution in [0.2, 0.25) is 10.0 Å². The summed E-state index contributed by atoms with van der Waals surface area (Å²) < 4.78 is 33.5. The Balaban J connectivity index is 1.76. The molecule has 7 nitrogen and oxygen atoms in total. The summed E-state index contributed by atoms with van der Waals surface area (Å²) in [5.41, 5.74) is 1.72. The lowest BCUT2D eigenvalue weighted by atomic mass is 10.3. The van der Waals surface area contributed by atoms with Gasteiger partial charge >= 0.3 is 0 Å². The van der Waals surface area contributed by atoms with Crippen molar-refractivity contribution in [3.05, 3.63) is 76.8 Å². The summed E-state index contributed by atoms with van der Waals surface area (Å²) in [6, 6.07) is 18.0. The molecule has 3 aromatic carbocycles. The van der Waals surface area contributed by atoms with E-state index >= 15 is 0 Å². The molecule has 0 aliphatic rings. The molecule has 2 N–H and O–H groups in total. The Morgan fingerprint density at radius 2 is 1.52 bits per heavy atom. The monoisotopic (exact) mass is 474 g/mol. The highest BCUT2D eigenvalue weighted by Gasteiger charge is 2.19. The molecule has 0 fully saturated rings. The summed E-state index contributed by atoms with van der Waals surface area (Å²) in [6.45, 7) is 0. The molecule has 0 amide bonds. The van der Waals surface area contributed by atoms with Gasteiger partial charge in [0.05, 0.1) is 28.1 Å². The number of methoxy groups -OCH3 is 1. The SMILES string of the molecule is COc1ccc(Nc2nc3ccccc3nc2NS(=O)(=O)c2ccc(Cl)cc2)cc1Cl. The van der Waals surface area contributed by atoms with Gasteiger partial charge in [-0.05, 0) is 54.6 Å². The summed E-state index contributed by atoms with van der Waals surface area (Å²) in [5, 5.41) is 3.90. The fraction of sp³-hybridized carbons (Fsp3) is 0.0476. The second-order valence-corrected chi connectivity index (χ2v) is 8.97. The number of fused-ring (bicyclic) bond motifs is 1. The molecule has 10 heteroatoms. The van der Waals surface area contributed by atoms with E-state index in [9.17, 15) is 8.42 Å². The van der Waals surface area contributed by atoms with E-state index in [0.717, 1.165) is 0 Å². The lowest BCUT2D eigenvalue weighted by Gasteiger charge is -2.14. The molecule has 0 saturated heterocycles. The molecule has 31 heavy (non-hydrogen) atoms. The third-order valence-corrected chi connectivity index (χ3v) is 6.24. The van der Waals surface area contributed by atoms with Crippen LogP contribution < -0.4 is 14.8 Å². The van der Waals surface area contributed by atoms with Gasteiger partial charge in [0, 0.05) is 10.7 Å². The van der Waals surface area contributed by atoms with Crippen LogP contribution >= 0.6 is 23.2 Å². The Bertz CT molecular complexity index is 1360. The summed E-state index contributed by atoms with van der Waals surface area (Å²) in [6.07, 6.45) is 0. The van der Waals surface area contributed by atoms with Crippen molar-refractivity contribution in [3.63, 3.8) is 0 Å². The maximum atomic E-state index is 12.9. The summed E-state index contributed by atoms with van der Waals surface area (Å²) in [4.78, 5) is 9.04. The minimum atomic E-state index is -3.93. The van der Waals surface area contributed by atoms with Gasteiger partial charge in [-0.2, -0.15) is 0 Å². The first-order valence-corrected chi connectivity index (χ1v) is 11.3. The molecular formula is C21H16Cl2N4O3S. The zero-order chi connectivity index (χ0) is 22.0. The second-order valence-electron chi connectivity index (χ2n) is 6.44. The minimum Gasteiger partial charge on any atom is -0.495 e. The van der Waals surface area contributed by atoms with Crippen molar-refractivity contribution in [2.45, 2.75) is 4.90 Å². The zero-order valence-electron chi connectivity index (χ0n) is 16.1. The van der Waals surface area contributed by atoms with Gasteiger partial charge in [0.1, 0.15) is 5.75 Å². The molecule has 4 aromatic rings. The number of sulfonamides is 1. The fourth-order valence-electron chi connectivity index (χ4n) is 2.84. The number of nitrogens with one attached hydrogen (secondary N) is 2. The number of aromatic nitrogens is 2. The van der Waals surface area contributed by atoms with E-state index in [1.165, 1.54) is 31.4 Å². The van der Waals surface area contributed by atoms with Crippen LogP contribution in [0.4, 0.5) is 17.3 Å². The molecule has 0 atom stereocenters. The van der Waals surface area contributed by atoms with E-state index in [1.807, 2.05) is 6.07 Å². The number of para-hydroxylation sites is 2. The maximum absolute atomic E-state index is 12.9. The zero-order valence-corrected chi connectivity index (χ0v) is 18.5. The van der Waals surface area contributed by atoms with Crippen molar-refractivity contribution in [1.82, 2.24) is 9.97 Å². The number of halogens is 2. The van der Waals surface area contributed by atoms with Crippen LogP contribution in [0.5, 0.6) is 5.75 Å². The highest BCUT2D eigenvalue weighted by Crippen LogP contribution is 2.31. The van der Waals surface area contributed by atoms with Crippen LogP contribution in [0.3, 0.4) is 0 Å². The van der Waals surface area contributed by atoms with E-state index in [2.05, 4.69) is 20.0 Å². The standard InChI is InChI=1S/C21H16Cl2N4O3S/c1-30-19-11-8-14(12-16(19)23)24-20-21(26-18-5-3-2-4-17(18)25-20)27-31(28,29)15-9-6-13(22)7-10-15/h2-12H,1H3,(H,24,25)(H,26,27). The first-order valence-electron chi connectivity index (χ1n) is 9.01. The molecule has 4 rings (SSSR count). The van der Waals surface area contributed by atoms with E-state index < -0.39 is 10.0 Å². The Morgan fingerprint density at radius 1 is 0.871 bits per heavy atom. The van der Waals surface area contributed by atoms with Crippen molar-refractivity contribution < 1.29 is 13.2 Å². The van der Waals surface area contributed by atoms with Crippen LogP contribution in [0.1, 0.15) is 0 Å². The lowest BCUT2D eigenvalue weighted by Crippen LogP contribution is -2.16. The van der Waals surface area contributed by atoms with Gasteiger partial charge in [0.2, 0.25) is 0 Å². The van der Waals surface area contributed by atoms with Crippen LogP contribution in [0, 0.1) is 0 Å². The largest absolute Gasteiger partial charge is 0.495 e. The predicted octanol–water partition coefficient (Wildman–Crippen LogP) is 5.49. The second kappa shape index (κ2) is 8.58. The highest BCUT2D eigenvalue weighted by atomic mass is 35.5. The van der Waals surface area contributed by atoms with E-state index in [0.29, 0.717) is 32.5 Å². The molecule has 158 valence electrons. The Morgan fingerprint density at radius 3 is 2.13 bits per heavy atom. The molecule has 0 radical (unpaired) electrons. The van der Waals surface area contributed by atoms with Crippen molar-refractivity contribution in [2.75, 3.05) is 17.1 Å². The Kier molecular flexibility index (Phi) is 5.86. The number of ether oxygens (including phenoxy) is 1. The van der Waals surface area contributed by atoms with Crippen LogP contribution in [-0.4, -0.2) is 25.5 Å². The smallest absolute Gasteiger partial charge is 0.263 e. The molecular weight excluding hydrogens is 459 g/mol. The topological polar surface area (TPSA) is 93.2 Å². The molecule has 0 aliphatic heterocycles. The number of rotatable bonds is 6. The molecule has 0 saturated carbocycles. The van der Waals surface area contributed by atoms with Gasteiger partial charge in [-0.25, -0.2) is 18.4 Å². The summed E-state index contributed by atoms with van der Waals surface area (Å²) in [5.74, 6) is 0.776. The number of anilines is 3. The first-order chi connectivity index (χ1) is 14.9. The third-order valence-electron chi connectivity index (χ3n) is 4.34. The molecule has 1 heterocycles. The third kappa shape index (κ3) is 4.66. The van der Waals surface area contributed by atoms with Crippen LogP contribution in [0.25, 0.3) is 11.0 Å². The van der Waals surface area contributed by atoms with Gasteiger partial charge in [0.25, 0.3) is 10.0 Å². The van der Waals surface area contributed by atoms with Gasteiger partial charge < -0.3 is 10.1 Å². The van der Waals surface area contributed by atoms with Crippen LogP contribution in [-0.2, 0) is 10.0 Å². The van der Waals surface area contributed by atoms with Crippen molar-refractivity contribution >= 4 is 61.6 Å². The molecule has 0 spiro atoms. The van der Waals surface area contributed by atoms with Gasteiger partial charge in [-0.3, -0.25) is 4.72 Å².